The van der Waals surface area contributed by atoms with E-state index >= 15 is 0 Å². The van der Waals surface area contributed by atoms with E-state index in [0.29, 0.717) is 24.5 Å². The van der Waals surface area contributed by atoms with Crippen molar-refractivity contribution in [2.24, 2.45) is 0 Å². The number of hydrogen-bond acceptors (Lipinski definition) is 4. The lowest BCUT2D eigenvalue weighted by Gasteiger charge is -2.44. The summed E-state index contributed by atoms with van der Waals surface area (Å²) in [4.78, 5) is 29.4. The Morgan fingerprint density at radius 3 is 2.53 bits per heavy atom. The number of methoxy groups -OCH3 is 1. The van der Waals surface area contributed by atoms with Crippen molar-refractivity contribution in [3.8, 4) is 5.75 Å². The van der Waals surface area contributed by atoms with Gasteiger partial charge in [0.15, 0.2) is 0 Å². The monoisotopic (exact) mass is 466 g/mol. The van der Waals surface area contributed by atoms with Crippen molar-refractivity contribution in [3.05, 3.63) is 47.3 Å². The highest BCUT2D eigenvalue weighted by Gasteiger charge is 2.48. The quantitative estimate of drug-likeness (QED) is 0.672. The van der Waals surface area contributed by atoms with Crippen LogP contribution in [0, 0.1) is 0 Å². The molecule has 1 N–H and O–H groups in total. The van der Waals surface area contributed by atoms with E-state index in [1.807, 2.05) is 37.3 Å². The molecule has 1 fully saturated rings. The molecule has 1 unspecified atom stereocenters. The van der Waals surface area contributed by atoms with Gasteiger partial charge >= 0.3 is 0 Å². The Hall–Kier alpha value is -2.83. The molecule has 1 aromatic heterocycles. The van der Waals surface area contributed by atoms with Gasteiger partial charge in [-0.15, -0.1) is 0 Å². The lowest BCUT2D eigenvalue weighted by molar-refractivity contribution is -0.134. The molecular formula is C27H38N4O3. The van der Waals surface area contributed by atoms with Crippen LogP contribution in [0.15, 0.2) is 30.3 Å². The Labute approximate surface area is 202 Å². The molecule has 2 aromatic rings. The summed E-state index contributed by atoms with van der Waals surface area (Å²) in [6.45, 7) is 6.62. The van der Waals surface area contributed by atoms with E-state index in [0.717, 1.165) is 36.9 Å². The van der Waals surface area contributed by atoms with Crippen LogP contribution in [-0.4, -0.2) is 45.2 Å². The number of ether oxygens (including phenoxy) is 1. The van der Waals surface area contributed by atoms with Crippen molar-refractivity contribution in [2.45, 2.75) is 96.3 Å². The zero-order chi connectivity index (χ0) is 24.3. The van der Waals surface area contributed by atoms with E-state index in [4.69, 9.17) is 9.84 Å². The Bertz CT molecular complexity index is 1020. The van der Waals surface area contributed by atoms with Crippen LogP contribution in [0.5, 0.6) is 5.75 Å². The van der Waals surface area contributed by atoms with Crippen molar-refractivity contribution < 1.29 is 14.3 Å². The van der Waals surface area contributed by atoms with E-state index in [1.54, 1.807) is 16.7 Å². The number of hydrogen-bond donors (Lipinski definition) is 1. The molecule has 1 aliphatic carbocycles. The molecule has 2 heterocycles. The minimum absolute atomic E-state index is 0.103. The van der Waals surface area contributed by atoms with Gasteiger partial charge in [-0.25, -0.2) is 0 Å². The maximum atomic E-state index is 13.9. The van der Waals surface area contributed by atoms with Crippen molar-refractivity contribution in [3.63, 3.8) is 0 Å². The van der Waals surface area contributed by atoms with Gasteiger partial charge in [-0.3, -0.25) is 14.3 Å². The SMILES string of the molecule is COc1ccccc1CN1C(=O)c2cc(C(C)C)nn2CC1(C)C(=O)NC1CCCCCCC1. The van der Waals surface area contributed by atoms with E-state index in [-0.39, 0.29) is 23.8 Å². The molecule has 0 bridgehead atoms. The summed E-state index contributed by atoms with van der Waals surface area (Å²) in [6.07, 6.45) is 7.96. The molecule has 0 spiro atoms. The van der Waals surface area contributed by atoms with Crippen LogP contribution in [0.4, 0.5) is 0 Å². The van der Waals surface area contributed by atoms with Crippen LogP contribution in [0.25, 0.3) is 0 Å². The molecule has 0 saturated heterocycles. The summed E-state index contributed by atoms with van der Waals surface area (Å²) in [7, 11) is 1.63. The molecule has 34 heavy (non-hydrogen) atoms. The lowest BCUT2D eigenvalue weighted by Crippen LogP contribution is -2.64. The number of aromatic nitrogens is 2. The van der Waals surface area contributed by atoms with Gasteiger partial charge in [0, 0.05) is 11.6 Å². The number of rotatable bonds is 6. The number of carbonyl (C=O) groups is 2. The predicted molar refractivity (Wildman–Crippen MR) is 132 cm³/mol. The van der Waals surface area contributed by atoms with Crippen LogP contribution >= 0.6 is 0 Å². The van der Waals surface area contributed by atoms with Crippen LogP contribution < -0.4 is 10.1 Å². The highest BCUT2D eigenvalue weighted by molar-refractivity contribution is 5.99. The number of amides is 2. The summed E-state index contributed by atoms with van der Waals surface area (Å²) in [5.74, 6) is 0.629. The van der Waals surface area contributed by atoms with Crippen molar-refractivity contribution in [1.82, 2.24) is 20.0 Å². The standard InChI is InChI=1S/C27H38N4O3/c1-19(2)22-16-23-25(32)30(17-20-12-10-11-15-24(20)34-4)27(3,18-31(23)29-22)26(33)28-21-13-8-6-5-7-9-14-21/h10-12,15-16,19,21H,5-9,13-14,17-18H2,1-4H3,(H,28,33). The van der Waals surface area contributed by atoms with Gasteiger partial charge in [-0.05, 0) is 37.8 Å². The molecule has 2 aliphatic rings. The van der Waals surface area contributed by atoms with Gasteiger partial charge < -0.3 is 15.0 Å². The van der Waals surface area contributed by atoms with Gasteiger partial charge in [-0.2, -0.15) is 5.10 Å². The largest absolute Gasteiger partial charge is 0.496 e. The second-order valence-electron chi connectivity index (χ2n) is 10.3. The van der Waals surface area contributed by atoms with E-state index in [9.17, 15) is 9.59 Å². The maximum Gasteiger partial charge on any atom is 0.273 e. The van der Waals surface area contributed by atoms with E-state index < -0.39 is 5.54 Å². The molecule has 7 heteroatoms. The van der Waals surface area contributed by atoms with Crippen LogP contribution in [0.1, 0.15) is 93.4 Å². The van der Waals surface area contributed by atoms with Gasteiger partial charge in [-0.1, -0.05) is 64.2 Å². The number of nitrogens with one attached hydrogen (secondary N) is 1. The van der Waals surface area contributed by atoms with E-state index in [2.05, 4.69) is 19.2 Å². The maximum absolute atomic E-state index is 13.9. The Morgan fingerprint density at radius 1 is 1.18 bits per heavy atom. The van der Waals surface area contributed by atoms with Crippen molar-refractivity contribution in [2.75, 3.05) is 7.11 Å². The highest BCUT2D eigenvalue weighted by atomic mass is 16.5. The zero-order valence-electron chi connectivity index (χ0n) is 21.0. The third-order valence-corrected chi connectivity index (χ3v) is 7.36. The first-order valence-electron chi connectivity index (χ1n) is 12.7. The molecule has 1 aromatic carbocycles. The zero-order valence-corrected chi connectivity index (χ0v) is 21.0. The van der Waals surface area contributed by atoms with Gasteiger partial charge in [0.05, 0.1) is 25.9 Å². The van der Waals surface area contributed by atoms with Crippen molar-refractivity contribution in [1.29, 1.82) is 0 Å². The third kappa shape index (κ3) is 4.84. The summed E-state index contributed by atoms with van der Waals surface area (Å²) >= 11 is 0. The molecular weight excluding hydrogens is 428 g/mol. The molecule has 0 radical (unpaired) electrons. The Morgan fingerprint density at radius 2 is 1.85 bits per heavy atom. The predicted octanol–water partition coefficient (Wildman–Crippen LogP) is 4.66. The molecule has 2 amide bonds. The second-order valence-corrected chi connectivity index (χ2v) is 10.3. The molecule has 4 rings (SSSR count). The normalized spacial score (nSPS) is 21.7. The minimum atomic E-state index is -1.06. The van der Waals surface area contributed by atoms with Crippen LogP contribution in [0.2, 0.25) is 0 Å². The molecule has 1 aliphatic heterocycles. The number of nitrogens with zero attached hydrogens (tertiary/aromatic N) is 3. The second kappa shape index (κ2) is 10.2. The topological polar surface area (TPSA) is 76.5 Å². The fraction of sp³-hybridized carbons (Fsp3) is 0.593. The van der Waals surface area contributed by atoms with Gasteiger partial charge in [0.25, 0.3) is 5.91 Å². The lowest BCUT2D eigenvalue weighted by atomic mass is 9.91. The first-order chi connectivity index (χ1) is 16.3. The van der Waals surface area contributed by atoms with Gasteiger partial charge in [0.2, 0.25) is 5.91 Å². The number of fused-ring (bicyclic) bond motifs is 1. The fourth-order valence-corrected chi connectivity index (χ4v) is 5.14. The Balaban J connectivity index is 1.68. The third-order valence-electron chi connectivity index (χ3n) is 7.36. The fourth-order valence-electron chi connectivity index (χ4n) is 5.14. The Kier molecular flexibility index (Phi) is 7.29. The van der Waals surface area contributed by atoms with Crippen LogP contribution in [0.3, 0.4) is 0 Å². The summed E-state index contributed by atoms with van der Waals surface area (Å²) < 4.78 is 7.28. The number of carbonyl (C=O) groups excluding carboxylic acids is 2. The molecule has 1 saturated carbocycles. The molecule has 1 atom stereocenters. The first kappa shape index (κ1) is 24.3. The summed E-state index contributed by atoms with van der Waals surface area (Å²) in [6, 6.07) is 9.69. The minimum Gasteiger partial charge on any atom is -0.496 e. The smallest absolute Gasteiger partial charge is 0.273 e. The summed E-state index contributed by atoms with van der Waals surface area (Å²) in [5, 5.41) is 8.01. The summed E-state index contributed by atoms with van der Waals surface area (Å²) in [5.41, 5.74) is 1.22. The highest BCUT2D eigenvalue weighted by Crippen LogP contribution is 2.32. The van der Waals surface area contributed by atoms with Crippen molar-refractivity contribution >= 4 is 11.8 Å². The average molecular weight is 467 g/mol. The average Bonchev–Trinajstić information content (AvgIpc) is 3.23. The van der Waals surface area contributed by atoms with Gasteiger partial charge in [0.1, 0.15) is 17.0 Å². The molecule has 7 nitrogen and oxygen atoms in total. The first-order valence-corrected chi connectivity index (χ1v) is 12.7. The number of benzene rings is 1. The van der Waals surface area contributed by atoms with Crippen LogP contribution in [-0.2, 0) is 17.9 Å². The number of para-hydroxylation sites is 1. The van der Waals surface area contributed by atoms with E-state index in [1.165, 1.54) is 19.3 Å². The molecule has 184 valence electrons.